The number of ether oxygens (including phenoxy) is 1. The maximum atomic E-state index is 12.4. The first-order valence-electron chi connectivity index (χ1n) is 4.79. The monoisotopic (exact) mass is 291 g/mol. The number of hydrogen-bond donors (Lipinski definition) is 2. The summed E-state index contributed by atoms with van der Waals surface area (Å²) in [7, 11) is 0. The largest absolute Gasteiger partial charge is 0.505 e. The summed E-state index contributed by atoms with van der Waals surface area (Å²) in [5.41, 5.74) is 4.76. The number of rotatable bonds is 4. The van der Waals surface area contributed by atoms with Gasteiger partial charge in [0.2, 0.25) is 0 Å². The Kier molecular flexibility index (Phi) is 4.44. The van der Waals surface area contributed by atoms with Gasteiger partial charge in [-0.2, -0.15) is 8.78 Å². The number of primary amides is 1. The number of aliphatic hydroxyl groups excluding tert-OH is 1. The Hall–Kier alpha value is -2.15. The van der Waals surface area contributed by atoms with E-state index in [2.05, 4.69) is 16.3 Å². The van der Waals surface area contributed by atoms with Crippen LogP contribution in [0.15, 0.2) is 36.1 Å². The highest BCUT2D eigenvalue weighted by atomic mass is 35.5. The summed E-state index contributed by atoms with van der Waals surface area (Å²) in [6.07, 6.45) is -0.727. The molecule has 0 saturated carbocycles. The number of carbonyl (C=O) groups excluding carboxylic acids is 2. The van der Waals surface area contributed by atoms with Crippen LogP contribution in [0.4, 0.5) is 13.6 Å². The molecule has 0 atom stereocenters. The molecule has 0 heterocycles. The number of aliphatic hydroxyl groups is 1. The normalized spacial score (nSPS) is 12.1. The van der Waals surface area contributed by atoms with Crippen LogP contribution in [0.2, 0.25) is 0 Å². The van der Waals surface area contributed by atoms with Crippen molar-refractivity contribution in [2.24, 2.45) is 5.73 Å². The molecule has 1 aromatic rings. The van der Waals surface area contributed by atoms with Crippen LogP contribution in [0.25, 0.3) is 0 Å². The number of amides is 1. The van der Waals surface area contributed by atoms with Crippen molar-refractivity contribution in [1.29, 1.82) is 0 Å². The first-order valence-corrected chi connectivity index (χ1v) is 5.17. The van der Waals surface area contributed by atoms with Crippen molar-refractivity contribution in [3.8, 4) is 5.75 Å². The molecule has 0 unspecified atom stereocenters. The summed E-state index contributed by atoms with van der Waals surface area (Å²) in [5.74, 6) is -2.36. The summed E-state index contributed by atoms with van der Waals surface area (Å²) in [6, 6.07) is 4.89. The Morgan fingerprint density at radius 3 is 2.26 bits per heavy atom. The van der Waals surface area contributed by atoms with E-state index in [-0.39, 0.29) is 11.3 Å². The minimum atomic E-state index is -4.01. The summed E-state index contributed by atoms with van der Waals surface area (Å²) >= 11 is 4.52. The highest BCUT2D eigenvalue weighted by Crippen LogP contribution is 2.26. The highest BCUT2D eigenvalue weighted by Gasteiger charge is 2.31. The van der Waals surface area contributed by atoms with E-state index >= 15 is 0 Å². The second kappa shape index (κ2) is 5.66. The second-order valence-corrected chi connectivity index (χ2v) is 3.81. The Bertz CT molecular complexity index is 522. The van der Waals surface area contributed by atoms with Gasteiger partial charge in [-0.25, -0.2) is 4.79 Å². The van der Waals surface area contributed by atoms with Gasteiger partial charge in [-0.3, -0.25) is 4.79 Å². The Balaban J connectivity index is 2.87. The van der Waals surface area contributed by atoms with Gasteiger partial charge < -0.3 is 15.6 Å². The number of ketones is 1. The molecule has 0 aliphatic carbocycles. The summed E-state index contributed by atoms with van der Waals surface area (Å²) in [5, 5.41) is 4.85. The van der Waals surface area contributed by atoms with Crippen molar-refractivity contribution in [1.82, 2.24) is 0 Å². The molecule has 1 rings (SSSR count). The molecule has 1 amide bonds. The van der Waals surface area contributed by atoms with E-state index in [9.17, 15) is 18.4 Å². The molecule has 0 saturated heterocycles. The summed E-state index contributed by atoms with van der Waals surface area (Å²) in [6.45, 7) is 0. The minimum Gasteiger partial charge on any atom is -0.505 e. The molecular weight excluding hydrogens is 284 g/mol. The molecule has 0 fully saturated rings. The van der Waals surface area contributed by atoms with E-state index in [1.807, 2.05) is 0 Å². The number of benzene rings is 1. The lowest BCUT2D eigenvalue weighted by molar-refractivity contribution is 0.0811. The third-order valence-electron chi connectivity index (χ3n) is 1.92. The second-order valence-electron chi connectivity index (χ2n) is 3.34. The van der Waals surface area contributed by atoms with Gasteiger partial charge in [0.15, 0.2) is 11.5 Å². The van der Waals surface area contributed by atoms with Crippen molar-refractivity contribution in [2.75, 3.05) is 0 Å². The zero-order chi connectivity index (χ0) is 14.6. The van der Waals surface area contributed by atoms with Gasteiger partial charge in [-0.05, 0) is 35.9 Å². The molecule has 0 bridgehead atoms. The Morgan fingerprint density at radius 2 is 1.84 bits per heavy atom. The fraction of sp³-hybridized carbons (Fsp3) is 0.0909. The Labute approximate surface area is 111 Å². The summed E-state index contributed by atoms with van der Waals surface area (Å²) in [4.78, 5) is 21.9. The van der Waals surface area contributed by atoms with Gasteiger partial charge in [-0.1, -0.05) is 0 Å². The molecular formula is C11H8ClF2NO4. The van der Waals surface area contributed by atoms with Crippen LogP contribution >= 0.6 is 11.6 Å². The van der Waals surface area contributed by atoms with Gasteiger partial charge >= 0.3 is 11.5 Å². The third-order valence-corrected chi connectivity index (χ3v) is 2.11. The van der Waals surface area contributed by atoms with Crippen molar-refractivity contribution in [2.45, 2.75) is 5.38 Å². The lowest BCUT2D eigenvalue weighted by atomic mass is 10.1. The molecule has 19 heavy (non-hydrogen) atoms. The number of hydrogen-bond acceptors (Lipinski definition) is 4. The molecule has 102 valence electrons. The molecule has 3 N–H and O–H groups in total. The number of carbonyl (C=O) groups is 2. The number of halogens is 3. The topological polar surface area (TPSA) is 89.6 Å². The van der Waals surface area contributed by atoms with E-state index in [4.69, 9.17) is 10.8 Å². The first-order chi connectivity index (χ1) is 8.70. The van der Waals surface area contributed by atoms with Crippen molar-refractivity contribution in [3.63, 3.8) is 0 Å². The van der Waals surface area contributed by atoms with Crippen LogP contribution in [-0.2, 0) is 0 Å². The SMILES string of the molecule is NC(=O)Oc1ccc(C(=O)C=C(O)C(F)(F)Cl)cc1. The van der Waals surface area contributed by atoms with E-state index in [0.29, 0.717) is 6.08 Å². The molecule has 0 radical (unpaired) electrons. The van der Waals surface area contributed by atoms with Crippen LogP contribution in [0, 0.1) is 0 Å². The average molecular weight is 292 g/mol. The van der Waals surface area contributed by atoms with Gasteiger partial charge in [0.25, 0.3) is 0 Å². The van der Waals surface area contributed by atoms with Gasteiger partial charge in [0.05, 0.1) is 0 Å². The molecule has 5 nitrogen and oxygen atoms in total. The van der Waals surface area contributed by atoms with Gasteiger partial charge in [0, 0.05) is 11.6 Å². The minimum absolute atomic E-state index is 0.00992. The van der Waals surface area contributed by atoms with Crippen LogP contribution in [0.1, 0.15) is 10.4 Å². The third kappa shape index (κ3) is 4.55. The smallest absolute Gasteiger partial charge is 0.409 e. The van der Waals surface area contributed by atoms with Crippen LogP contribution in [0.3, 0.4) is 0 Å². The Morgan fingerprint density at radius 1 is 1.32 bits per heavy atom. The van der Waals surface area contributed by atoms with Crippen LogP contribution in [0.5, 0.6) is 5.75 Å². The molecule has 1 aromatic carbocycles. The fourth-order valence-electron chi connectivity index (χ4n) is 1.09. The van der Waals surface area contributed by atoms with Gasteiger partial charge in [0.1, 0.15) is 5.75 Å². The zero-order valence-corrected chi connectivity index (χ0v) is 10.0. The summed E-state index contributed by atoms with van der Waals surface area (Å²) < 4.78 is 29.4. The van der Waals surface area contributed by atoms with Crippen molar-refractivity contribution in [3.05, 3.63) is 41.7 Å². The maximum absolute atomic E-state index is 12.4. The number of allylic oxidation sites excluding steroid dienone is 2. The number of nitrogens with two attached hydrogens (primary N) is 1. The number of alkyl halides is 3. The molecule has 0 spiro atoms. The predicted octanol–water partition coefficient (Wildman–Crippen LogP) is 2.60. The molecule has 0 aromatic heterocycles. The molecule has 0 aliphatic heterocycles. The van der Waals surface area contributed by atoms with E-state index in [1.165, 1.54) is 24.3 Å². The zero-order valence-electron chi connectivity index (χ0n) is 9.27. The predicted molar refractivity (Wildman–Crippen MR) is 62.5 cm³/mol. The van der Waals surface area contributed by atoms with E-state index in [0.717, 1.165) is 0 Å². The van der Waals surface area contributed by atoms with E-state index < -0.39 is 23.0 Å². The first kappa shape index (κ1) is 14.9. The molecule has 8 heteroatoms. The van der Waals surface area contributed by atoms with Crippen molar-refractivity contribution >= 4 is 23.5 Å². The standard InChI is InChI=1S/C11H8ClF2NO4/c12-11(13,14)9(17)5-8(16)6-1-3-7(4-2-6)19-10(15)18/h1-5,17H,(H2,15,18). The quantitative estimate of drug-likeness (QED) is 0.386. The highest BCUT2D eigenvalue weighted by molar-refractivity contribution is 6.23. The van der Waals surface area contributed by atoms with Crippen LogP contribution in [-0.4, -0.2) is 22.4 Å². The average Bonchev–Trinajstić information content (AvgIpc) is 2.27. The van der Waals surface area contributed by atoms with Gasteiger partial charge in [-0.15, -0.1) is 0 Å². The van der Waals surface area contributed by atoms with Crippen molar-refractivity contribution < 1.29 is 28.2 Å². The maximum Gasteiger partial charge on any atom is 0.409 e. The fourth-order valence-corrected chi connectivity index (χ4v) is 1.15. The lowest BCUT2D eigenvalue weighted by Crippen LogP contribution is -2.16. The van der Waals surface area contributed by atoms with Crippen LogP contribution < -0.4 is 10.5 Å². The lowest BCUT2D eigenvalue weighted by Gasteiger charge is -2.06. The van der Waals surface area contributed by atoms with E-state index in [1.54, 1.807) is 0 Å². The molecule has 0 aliphatic rings.